The molecule has 4 nitrogen and oxygen atoms in total. The number of nitrogens with two attached hydrogens (primary N) is 1. The van der Waals surface area contributed by atoms with E-state index in [9.17, 15) is 4.79 Å². The van der Waals surface area contributed by atoms with Gasteiger partial charge in [0.25, 0.3) is 5.91 Å². The summed E-state index contributed by atoms with van der Waals surface area (Å²) in [5.41, 5.74) is 6.90. The minimum absolute atomic E-state index is 0.0721. The van der Waals surface area contributed by atoms with Crippen molar-refractivity contribution in [3.05, 3.63) is 29.6 Å². The third-order valence-electron chi connectivity index (χ3n) is 3.19. The average molecular weight is 233 g/mol. The van der Waals surface area contributed by atoms with Crippen LogP contribution in [0.5, 0.6) is 0 Å². The van der Waals surface area contributed by atoms with Crippen molar-refractivity contribution < 1.29 is 4.79 Å². The summed E-state index contributed by atoms with van der Waals surface area (Å²) in [5, 5.41) is 3.01. The van der Waals surface area contributed by atoms with Crippen molar-refractivity contribution in [1.82, 2.24) is 10.3 Å². The number of carbonyl (C=O) groups is 1. The van der Waals surface area contributed by atoms with Gasteiger partial charge in [0.1, 0.15) is 5.69 Å². The molecule has 0 spiro atoms. The van der Waals surface area contributed by atoms with Crippen LogP contribution in [0.4, 0.5) is 0 Å². The van der Waals surface area contributed by atoms with Gasteiger partial charge in [-0.15, -0.1) is 0 Å². The predicted molar refractivity (Wildman–Crippen MR) is 66.4 cm³/mol. The number of hydrogen-bond donors (Lipinski definition) is 2. The minimum atomic E-state index is -0.0721. The zero-order valence-electron chi connectivity index (χ0n) is 10.1. The molecule has 2 unspecified atom stereocenters. The molecule has 3 N–H and O–H groups in total. The summed E-state index contributed by atoms with van der Waals surface area (Å²) in [5.74, 6) is 0.601. The van der Waals surface area contributed by atoms with Gasteiger partial charge < -0.3 is 11.1 Å². The van der Waals surface area contributed by atoms with Gasteiger partial charge >= 0.3 is 0 Å². The number of aromatic nitrogens is 1. The number of amides is 1. The van der Waals surface area contributed by atoms with Gasteiger partial charge in [0.2, 0.25) is 0 Å². The number of carbonyl (C=O) groups excluding carboxylic acids is 1. The first-order valence-corrected chi connectivity index (χ1v) is 6.20. The van der Waals surface area contributed by atoms with Crippen molar-refractivity contribution in [2.24, 2.45) is 11.7 Å². The molecule has 0 aliphatic heterocycles. The highest BCUT2D eigenvalue weighted by molar-refractivity contribution is 5.92. The maximum Gasteiger partial charge on any atom is 0.270 e. The molecular weight excluding hydrogens is 214 g/mol. The first-order chi connectivity index (χ1) is 8.24. The Labute approximate surface area is 102 Å². The monoisotopic (exact) mass is 233 g/mol. The topological polar surface area (TPSA) is 68.0 Å². The maximum atomic E-state index is 11.8. The Kier molecular flexibility index (Phi) is 3.74. The molecule has 0 saturated heterocycles. The van der Waals surface area contributed by atoms with Gasteiger partial charge in [0.15, 0.2) is 0 Å². The molecule has 1 aromatic heterocycles. The Morgan fingerprint density at radius 2 is 2.41 bits per heavy atom. The Morgan fingerprint density at radius 3 is 3.00 bits per heavy atom. The molecule has 0 aromatic carbocycles. The third kappa shape index (κ3) is 3.03. The molecule has 17 heavy (non-hydrogen) atoms. The van der Waals surface area contributed by atoms with E-state index in [-0.39, 0.29) is 5.91 Å². The summed E-state index contributed by atoms with van der Waals surface area (Å²) in [6.07, 6.45) is 5.15. The van der Waals surface area contributed by atoms with Crippen molar-refractivity contribution in [2.75, 3.05) is 0 Å². The van der Waals surface area contributed by atoms with E-state index in [4.69, 9.17) is 5.73 Å². The van der Waals surface area contributed by atoms with E-state index < -0.39 is 0 Å². The molecule has 0 radical (unpaired) electrons. The van der Waals surface area contributed by atoms with E-state index in [1.807, 2.05) is 6.07 Å². The highest BCUT2D eigenvalue weighted by atomic mass is 16.2. The van der Waals surface area contributed by atoms with E-state index in [2.05, 4.69) is 17.2 Å². The minimum Gasteiger partial charge on any atom is -0.348 e. The number of nitrogens with one attached hydrogen (secondary N) is 1. The SMILES string of the molecule is CCCC1CC1NC(=O)c1ccc(CN)cn1. The molecule has 0 bridgehead atoms. The quantitative estimate of drug-likeness (QED) is 0.809. The zero-order chi connectivity index (χ0) is 12.3. The van der Waals surface area contributed by atoms with E-state index >= 15 is 0 Å². The van der Waals surface area contributed by atoms with Crippen LogP contribution < -0.4 is 11.1 Å². The molecule has 2 atom stereocenters. The van der Waals surface area contributed by atoms with Gasteiger partial charge in [-0.25, -0.2) is 0 Å². The van der Waals surface area contributed by atoms with Crippen molar-refractivity contribution in [1.29, 1.82) is 0 Å². The first kappa shape index (κ1) is 12.0. The predicted octanol–water partition coefficient (Wildman–Crippen LogP) is 1.46. The van der Waals surface area contributed by atoms with Crippen molar-refractivity contribution in [2.45, 2.75) is 38.8 Å². The first-order valence-electron chi connectivity index (χ1n) is 6.20. The number of hydrogen-bond acceptors (Lipinski definition) is 3. The lowest BCUT2D eigenvalue weighted by Gasteiger charge is -2.04. The molecule has 1 aliphatic carbocycles. The standard InChI is InChI=1S/C13H19N3O/c1-2-3-10-6-12(10)16-13(17)11-5-4-9(7-14)8-15-11/h4-5,8,10,12H,2-3,6-7,14H2,1H3,(H,16,17). The van der Waals surface area contributed by atoms with Crippen LogP contribution in [0.15, 0.2) is 18.3 Å². The van der Waals surface area contributed by atoms with Crippen LogP contribution in [0.1, 0.15) is 42.2 Å². The number of nitrogens with zero attached hydrogens (tertiary/aromatic N) is 1. The van der Waals surface area contributed by atoms with Gasteiger partial charge in [-0.2, -0.15) is 0 Å². The normalized spacial score (nSPS) is 22.2. The highest BCUT2D eigenvalue weighted by Crippen LogP contribution is 2.34. The molecule has 2 rings (SSSR count). The molecule has 1 amide bonds. The van der Waals surface area contributed by atoms with Crippen molar-refractivity contribution in [3.63, 3.8) is 0 Å². The van der Waals surface area contributed by atoms with Gasteiger partial charge in [-0.1, -0.05) is 19.4 Å². The highest BCUT2D eigenvalue weighted by Gasteiger charge is 2.37. The molecule has 1 aromatic rings. The fourth-order valence-electron chi connectivity index (χ4n) is 2.04. The van der Waals surface area contributed by atoms with E-state index in [0.717, 1.165) is 12.0 Å². The summed E-state index contributed by atoms with van der Waals surface area (Å²) in [6, 6.07) is 3.94. The summed E-state index contributed by atoms with van der Waals surface area (Å²) in [4.78, 5) is 15.9. The van der Waals surface area contributed by atoms with Crippen LogP contribution in [0.25, 0.3) is 0 Å². The molecule has 1 saturated carbocycles. The molecule has 1 aliphatic rings. The lowest BCUT2D eigenvalue weighted by Crippen LogP contribution is -2.27. The van der Waals surface area contributed by atoms with Crippen LogP contribution >= 0.6 is 0 Å². The Bertz CT molecular complexity index is 388. The number of pyridine rings is 1. The average Bonchev–Trinajstić information content (AvgIpc) is 3.08. The van der Waals surface area contributed by atoms with E-state index in [1.165, 1.54) is 12.8 Å². The summed E-state index contributed by atoms with van der Waals surface area (Å²) >= 11 is 0. The largest absolute Gasteiger partial charge is 0.348 e. The smallest absolute Gasteiger partial charge is 0.270 e. The Balaban J connectivity index is 1.87. The zero-order valence-corrected chi connectivity index (χ0v) is 10.1. The lowest BCUT2D eigenvalue weighted by molar-refractivity contribution is 0.0944. The van der Waals surface area contributed by atoms with Gasteiger partial charge in [0, 0.05) is 18.8 Å². The second-order valence-corrected chi connectivity index (χ2v) is 4.62. The number of rotatable bonds is 5. The van der Waals surface area contributed by atoms with Crippen LogP contribution in [0, 0.1) is 5.92 Å². The molecular formula is C13H19N3O. The second-order valence-electron chi connectivity index (χ2n) is 4.62. The van der Waals surface area contributed by atoms with Gasteiger partial charge in [0.05, 0.1) is 0 Å². The molecule has 4 heteroatoms. The van der Waals surface area contributed by atoms with Gasteiger partial charge in [-0.05, 0) is 30.4 Å². The fraction of sp³-hybridized carbons (Fsp3) is 0.538. The van der Waals surface area contributed by atoms with E-state index in [1.54, 1.807) is 12.3 Å². The fourth-order valence-corrected chi connectivity index (χ4v) is 2.04. The van der Waals surface area contributed by atoms with Crippen LogP contribution in [-0.2, 0) is 6.54 Å². The van der Waals surface area contributed by atoms with Crippen molar-refractivity contribution in [3.8, 4) is 0 Å². The summed E-state index contributed by atoms with van der Waals surface area (Å²) < 4.78 is 0. The lowest BCUT2D eigenvalue weighted by atomic mass is 10.2. The van der Waals surface area contributed by atoms with E-state index in [0.29, 0.717) is 24.2 Å². The van der Waals surface area contributed by atoms with Gasteiger partial charge in [-0.3, -0.25) is 9.78 Å². The summed E-state index contributed by atoms with van der Waals surface area (Å²) in [6.45, 7) is 2.63. The Morgan fingerprint density at radius 1 is 1.59 bits per heavy atom. The van der Waals surface area contributed by atoms with Crippen molar-refractivity contribution >= 4 is 5.91 Å². The van der Waals surface area contributed by atoms with Crippen LogP contribution in [0.2, 0.25) is 0 Å². The van der Waals surface area contributed by atoms with Crippen LogP contribution in [0.3, 0.4) is 0 Å². The van der Waals surface area contributed by atoms with Crippen LogP contribution in [-0.4, -0.2) is 16.9 Å². The molecule has 92 valence electrons. The third-order valence-corrected chi connectivity index (χ3v) is 3.19. The molecule has 1 fully saturated rings. The summed E-state index contributed by atoms with van der Waals surface area (Å²) in [7, 11) is 0. The molecule has 1 heterocycles. The second kappa shape index (κ2) is 5.27. The Hall–Kier alpha value is -1.42. The maximum absolute atomic E-state index is 11.8.